The lowest BCUT2D eigenvalue weighted by atomic mass is 9.91. The van der Waals surface area contributed by atoms with Crippen molar-refractivity contribution in [2.45, 2.75) is 25.2 Å². The standard InChI is InChI=1S/C26H26N4O2S/c1-18-4-3-5-21-23(19-6-8-20(9-7-19)26(17-27)10-11-26)22(16-28-24(18)21)25(31)29-12-14-30(15-13-29)33(2)32/h3-9,16H,10-15H2,1-2H3. The molecule has 1 unspecified atom stereocenters. The first-order valence-electron chi connectivity index (χ1n) is 11.2. The van der Waals surface area contributed by atoms with Crippen LogP contribution in [0.25, 0.3) is 22.0 Å². The Morgan fingerprint density at radius 2 is 1.82 bits per heavy atom. The first kappa shape index (κ1) is 21.9. The van der Waals surface area contributed by atoms with Crippen LogP contribution in [0.1, 0.15) is 34.3 Å². The Kier molecular flexibility index (Phi) is 5.61. The average molecular weight is 459 g/mol. The van der Waals surface area contributed by atoms with Crippen LogP contribution in [0.3, 0.4) is 0 Å². The minimum Gasteiger partial charge on any atom is -0.598 e. The first-order valence-corrected chi connectivity index (χ1v) is 12.7. The van der Waals surface area contributed by atoms with Crippen LogP contribution >= 0.6 is 0 Å². The summed E-state index contributed by atoms with van der Waals surface area (Å²) in [5, 5.41) is 10.5. The highest BCUT2D eigenvalue weighted by Crippen LogP contribution is 2.48. The van der Waals surface area contributed by atoms with Crippen molar-refractivity contribution in [1.29, 1.82) is 5.26 Å². The number of rotatable bonds is 4. The number of nitriles is 1. The second-order valence-electron chi connectivity index (χ2n) is 8.93. The van der Waals surface area contributed by atoms with E-state index in [9.17, 15) is 14.6 Å². The maximum Gasteiger partial charge on any atom is 0.256 e. The zero-order chi connectivity index (χ0) is 23.2. The van der Waals surface area contributed by atoms with Gasteiger partial charge in [-0.3, -0.25) is 9.78 Å². The van der Waals surface area contributed by atoms with Crippen LogP contribution in [0.2, 0.25) is 0 Å². The van der Waals surface area contributed by atoms with Crippen molar-refractivity contribution in [1.82, 2.24) is 14.2 Å². The number of fused-ring (bicyclic) bond motifs is 1. The second kappa shape index (κ2) is 8.45. The second-order valence-corrected chi connectivity index (χ2v) is 10.3. The zero-order valence-electron chi connectivity index (χ0n) is 18.9. The fraction of sp³-hybridized carbons (Fsp3) is 0.346. The Bertz CT molecular complexity index is 1250. The molecule has 0 radical (unpaired) electrons. The third kappa shape index (κ3) is 3.89. The lowest BCUT2D eigenvalue weighted by Gasteiger charge is -2.33. The highest BCUT2D eigenvalue weighted by atomic mass is 32.2. The molecule has 1 saturated carbocycles. The molecule has 1 aliphatic carbocycles. The predicted molar refractivity (Wildman–Crippen MR) is 130 cm³/mol. The van der Waals surface area contributed by atoms with Gasteiger partial charge in [-0.2, -0.15) is 5.26 Å². The molecule has 168 valence electrons. The van der Waals surface area contributed by atoms with E-state index in [4.69, 9.17) is 0 Å². The number of hydrogen-bond donors (Lipinski definition) is 0. The van der Waals surface area contributed by atoms with Crippen molar-refractivity contribution in [2.24, 2.45) is 0 Å². The number of pyridine rings is 1. The number of carbonyl (C=O) groups is 1. The Hall–Kier alpha value is -2.92. The lowest BCUT2D eigenvalue weighted by molar-refractivity contribution is 0.0699. The maximum atomic E-state index is 13.6. The molecule has 5 rings (SSSR count). The SMILES string of the molecule is Cc1cccc2c(-c3ccc(C4(C#N)CC4)cc3)c(C(=O)N3CCN([S+](C)[O-])CC3)cnc12. The van der Waals surface area contributed by atoms with Gasteiger partial charge in [0.1, 0.15) is 6.26 Å². The van der Waals surface area contributed by atoms with Crippen LogP contribution in [0.15, 0.2) is 48.7 Å². The first-order chi connectivity index (χ1) is 15.9. The zero-order valence-corrected chi connectivity index (χ0v) is 19.7. The molecule has 1 saturated heterocycles. The van der Waals surface area contributed by atoms with E-state index in [0.29, 0.717) is 31.7 Å². The van der Waals surface area contributed by atoms with Crippen molar-refractivity contribution in [2.75, 3.05) is 32.4 Å². The number of aryl methyl sites for hydroxylation is 1. The molecular formula is C26H26N4O2S. The fourth-order valence-corrected chi connectivity index (χ4v) is 5.39. The van der Waals surface area contributed by atoms with Crippen LogP contribution < -0.4 is 0 Å². The number of nitrogens with zero attached hydrogens (tertiary/aromatic N) is 4. The summed E-state index contributed by atoms with van der Waals surface area (Å²) in [4.78, 5) is 20.1. The quantitative estimate of drug-likeness (QED) is 0.555. The van der Waals surface area contributed by atoms with Gasteiger partial charge in [0.05, 0.1) is 35.7 Å². The number of piperazine rings is 1. The largest absolute Gasteiger partial charge is 0.598 e. The number of benzene rings is 2. The molecule has 0 N–H and O–H groups in total. The van der Waals surface area contributed by atoms with E-state index in [1.54, 1.807) is 12.5 Å². The number of hydrogen-bond acceptors (Lipinski definition) is 5. The number of carbonyl (C=O) groups excluding carboxylic acids is 1. The van der Waals surface area contributed by atoms with Gasteiger partial charge < -0.3 is 9.45 Å². The van der Waals surface area contributed by atoms with E-state index in [0.717, 1.165) is 46.0 Å². The van der Waals surface area contributed by atoms with E-state index < -0.39 is 11.4 Å². The minimum atomic E-state index is -1.03. The van der Waals surface area contributed by atoms with Crippen molar-refractivity contribution in [3.05, 3.63) is 65.4 Å². The number of para-hydroxylation sites is 1. The summed E-state index contributed by atoms with van der Waals surface area (Å²) in [6.45, 7) is 4.28. The van der Waals surface area contributed by atoms with Crippen LogP contribution in [0.4, 0.5) is 0 Å². The van der Waals surface area contributed by atoms with Gasteiger partial charge in [0.15, 0.2) is 0 Å². The molecule has 7 heteroatoms. The highest BCUT2D eigenvalue weighted by Gasteiger charge is 2.44. The van der Waals surface area contributed by atoms with Gasteiger partial charge in [0.25, 0.3) is 5.91 Å². The van der Waals surface area contributed by atoms with Crippen LogP contribution in [-0.2, 0) is 16.8 Å². The third-order valence-electron chi connectivity index (χ3n) is 6.91. The van der Waals surface area contributed by atoms with Crippen LogP contribution in [0.5, 0.6) is 0 Å². The van der Waals surface area contributed by atoms with Gasteiger partial charge in [-0.15, -0.1) is 4.31 Å². The van der Waals surface area contributed by atoms with Crippen molar-refractivity contribution < 1.29 is 9.35 Å². The highest BCUT2D eigenvalue weighted by molar-refractivity contribution is 7.88. The Morgan fingerprint density at radius 3 is 2.42 bits per heavy atom. The molecule has 1 amide bonds. The van der Waals surface area contributed by atoms with Gasteiger partial charge in [0.2, 0.25) is 0 Å². The van der Waals surface area contributed by atoms with E-state index in [-0.39, 0.29) is 11.3 Å². The molecule has 0 spiro atoms. The molecule has 2 aliphatic rings. The summed E-state index contributed by atoms with van der Waals surface area (Å²) >= 11 is -1.03. The van der Waals surface area contributed by atoms with Crippen molar-refractivity contribution in [3.8, 4) is 17.2 Å². The summed E-state index contributed by atoms with van der Waals surface area (Å²) < 4.78 is 13.7. The summed E-state index contributed by atoms with van der Waals surface area (Å²) in [6.07, 6.45) is 5.17. The monoisotopic (exact) mass is 458 g/mol. The molecule has 0 bridgehead atoms. The summed E-state index contributed by atoms with van der Waals surface area (Å²) in [7, 11) is 0. The van der Waals surface area contributed by atoms with Crippen molar-refractivity contribution in [3.63, 3.8) is 0 Å². The van der Waals surface area contributed by atoms with Gasteiger partial charge >= 0.3 is 0 Å². The molecule has 3 aromatic rings. The number of aromatic nitrogens is 1. The normalized spacial score (nSPS) is 18.7. The summed E-state index contributed by atoms with van der Waals surface area (Å²) in [6, 6.07) is 16.6. The van der Waals surface area contributed by atoms with Crippen molar-refractivity contribution >= 4 is 28.2 Å². The van der Waals surface area contributed by atoms with Gasteiger partial charge in [-0.25, -0.2) is 0 Å². The molecule has 2 aromatic carbocycles. The Morgan fingerprint density at radius 1 is 1.12 bits per heavy atom. The third-order valence-corrected chi connectivity index (χ3v) is 8.00. The van der Waals surface area contributed by atoms with Gasteiger partial charge in [-0.1, -0.05) is 42.5 Å². The minimum absolute atomic E-state index is 0.0535. The average Bonchev–Trinajstić information content (AvgIpc) is 3.65. The van der Waals surface area contributed by atoms with Gasteiger partial charge in [-0.05, 0) is 36.5 Å². The fourth-order valence-electron chi connectivity index (χ4n) is 4.71. The summed E-state index contributed by atoms with van der Waals surface area (Å²) in [5.41, 5.74) is 5.05. The molecule has 2 fully saturated rings. The Labute approximate surface area is 197 Å². The Balaban J connectivity index is 1.57. The van der Waals surface area contributed by atoms with Crippen LogP contribution in [0, 0.1) is 18.3 Å². The van der Waals surface area contributed by atoms with E-state index in [1.807, 2.05) is 58.6 Å². The molecule has 1 aromatic heterocycles. The molecule has 2 heterocycles. The molecule has 1 atom stereocenters. The summed E-state index contributed by atoms with van der Waals surface area (Å²) in [5.74, 6) is -0.0535. The predicted octanol–water partition coefficient (Wildman–Crippen LogP) is 3.82. The number of amides is 1. The lowest BCUT2D eigenvalue weighted by Crippen LogP contribution is -2.50. The maximum absolute atomic E-state index is 13.6. The topological polar surface area (TPSA) is 83.3 Å². The molecule has 33 heavy (non-hydrogen) atoms. The smallest absolute Gasteiger partial charge is 0.256 e. The van der Waals surface area contributed by atoms with E-state index in [1.165, 1.54) is 0 Å². The van der Waals surface area contributed by atoms with Crippen LogP contribution in [-0.4, -0.2) is 57.1 Å². The van der Waals surface area contributed by atoms with E-state index >= 15 is 0 Å². The van der Waals surface area contributed by atoms with Gasteiger partial charge in [0, 0.05) is 41.6 Å². The van der Waals surface area contributed by atoms with E-state index in [2.05, 4.69) is 11.1 Å². The molecule has 1 aliphatic heterocycles. The molecular weight excluding hydrogens is 432 g/mol. The molecule has 6 nitrogen and oxygen atoms in total.